The van der Waals surface area contributed by atoms with E-state index < -0.39 is 72.0 Å². The molecule has 7 N–H and O–H groups in total. The number of hydrogen-bond donors (Lipinski definition) is 6. The van der Waals surface area contributed by atoms with Crippen LogP contribution in [0.2, 0.25) is 0 Å². The minimum Gasteiger partial charge on any atom is -0.480 e. The Morgan fingerprint density at radius 1 is 0.793 bits per heavy atom. The molecule has 0 aromatic rings. The Hall–Kier alpha value is -4.37. The first-order valence-electron chi connectivity index (χ1n) is 18.3. The third-order valence-electron chi connectivity index (χ3n) is 5.95. The number of terminal acetylenes is 1. The van der Waals surface area contributed by atoms with Crippen LogP contribution < -0.4 is 21.7 Å². The first-order valence-corrected chi connectivity index (χ1v) is 19.8. The Balaban J connectivity index is -0.000000204. The number of ether oxygens (including phenoxy) is 3. The summed E-state index contributed by atoms with van der Waals surface area (Å²) in [5.74, 6) is 0.866. The molecule has 0 saturated heterocycles. The molecule has 0 rings (SSSR count). The lowest BCUT2D eigenvalue weighted by atomic mass is 10.2. The number of Topliss-reactive ketones (excluding diaryl/α,β-unsaturated/α-hetero) is 1. The maximum absolute atomic E-state index is 11.4. The molecule has 0 aromatic heterocycles. The highest BCUT2D eigenvalue weighted by Crippen LogP contribution is 2.47. The molecule has 58 heavy (non-hydrogen) atoms. The number of aliphatic carboxylic acids is 1. The number of aliphatic hydroxyl groups is 1. The number of aliphatic hydroxyl groups excluding tert-OH is 1. The largest absolute Gasteiger partial charge is 0.480 e. The standard InChI is InChI=1S/C10H17NO2.C9H19NO3.C9H17NO3.C5H9N2O4P.C4H9NO2/c1-6-8(7-2)11-9(12)13-10(3,4)5;2*1-5-7(6-11)10-8(12)13-9(2,3)4;1-4(8)5(7-6)12(9,10-2)11-3;1-2-3(5)4(6)7/h1,8H,7H2,2-5H3,(H,11,12);7,11H,5-6H2,1-4H3,(H,10,12);6-7H,5H2,1-4H3,(H,10,12);1-3H3;3H,2,5H2,1H3,(H,6,7). The molecule has 0 saturated carbocycles. The topological polar surface area (TPSA) is 305 Å². The number of nitrogens with one attached hydrogen (secondary N) is 3. The third kappa shape index (κ3) is 38.5. The van der Waals surface area contributed by atoms with E-state index in [1.54, 1.807) is 48.5 Å². The average Bonchev–Trinajstić information content (AvgIpc) is 3.10. The first kappa shape index (κ1) is 62.8. The van der Waals surface area contributed by atoms with Crippen molar-refractivity contribution < 1.29 is 71.6 Å². The van der Waals surface area contributed by atoms with Crippen LogP contribution in [0.3, 0.4) is 0 Å². The van der Waals surface area contributed by atoms with Crippen LogP contribution in [0.25, 0.3) is 5.53 Å². The lowest BCUT2D eigenvalue weighted by Crippen LogP contribution is -2.40. The van der Waals surface area contributed by atoms with Crippen molar-refractivity contribution in [2.24, 2.45) is 5.73 Å². The molecule has 3 amide bonds. The molecule has 0 radical (unpaired) electrons. The number of carbonyl (C=O) groups excluding carboxylic acids is 5. The van der Waals surface area contributed by atoms with Crippen LogP contribution in [0, 0.1) is 12.3 Å². The predicted octanol–water partition coefficient (Wildman–Crippen LogP) is 5.19. The molecule has 0 aliphatic heterocycles. The number of rotatable bonds is 14. The van der Waals surface area contributed by atoms with Gasteiger partial charge in [-0.15, -0.1) is 6.42 Å². The molecule has 21 heteroatoms. The summed E-state index contributed by atoms with van der Waals surface area (Å²) in [6.07, 6.45) is 6.85. The maximum atomic E-state index is 11.4. The zero-order valence-electron chi connectivity index (χ0n) is 37.2. The number of aldehydes is 1. The molecule has 0 bridgehead atoms. The molecule has 0 aromatic carbocycles. The molecule has 20 nitrogen and oxygen atoms in total. The van der Waals surface area contributed by atoms with Crippen LogP contribution in [-0.4, -0.2) is 119 Å². The van der Waals surface area contributed by atoms with Gasteiger partial charge in [-0.3, -0.25) is 9.59 Å². The Kier molecular flexibility index (Phi) is 35.3. The van der Waals surface area contributed by atoms with Gasteiger partial charge in [-0.1, -0.05) is 33.6 Å². The lowest BCUT2D eigenvalue weighted by Gasteiger charge is -2.22. The van der Waals surface area contributed by atoms with Gasteiger partial charge in [0.05, 0.1) is 24.7 Å². The normalized spacial score (nSPS) is 12.7. The summed E-state index contributed by atoms with van der Waals surface area (Å²) in [6.45, 7) is 24.5. The maximum Gasteiger partial charge on any atom is 0.446 e. The monoisotopic (exact) mass is 854 g/mol. The summed E-state index contributed by atoms with van der Waals surface area (Å²) in [7, 11) is -1.51. The van der Waals surface area contributed by atoms with E-state index in [9.17, 15) is 33.3 Å². The van der Waals surface area contributed by atoms with Crippen molar-refractivity contribution in [2.75, 3.05) is 20.8 Å². The number of amides is 3. The molecule has 4 unspecified atom stereocenters. The van der Waals surface area contributed by atoms with Gasteiger partial charge in [0.25, 0.3) is 0 Å². The van der Waals surface area contributed by atoms with Gasteiger partial charge in [-0.05, 0) is 88.0 Å². The summed E-state index contributed by atoms with van der Waals surface area (Å²) in [5.41, 5.74) is 11.3. The number of carboxylic acid groups (broad SMARTS) is 1. The number of carbonyl (C=O) groups is 6. The fraction of sp³-hybridized carbons (Fsp3) is 0.757. The van der Waals surface area contributed by atoms with Crippen molar-refractivity contribution in [3.05, 3.63) is 5.53 Å². The van der Waals surface area contributed by atoms with Crippen LogP contribution in [0.15, 0.2) is 0 Å². The second-order valence-corrected chi connectivity index (χ2v) is 16.8. The van der Waals surface area contributed by atoms with Crippen LogP contribution in [0.5, 0.6) is 0 Å². The first-order chi connectivity index (χ1) is 26.4. The summed E-state index contributed by atoms with van der Waals surface area (Å²) in [5, 5.41) is 24.4. The van der Waals surface area contributed by atoms with Crippen molar-refractivity contribution in [3.63, 3.8) is 0 Å². The summed E-state index contributed by atoms with van der Waals surface area (Å²) < 4.78 is 35.2. The highest BCUT2D eigenvalue weighted by atomic mass is 31.2. The summed E-state index contributed by atoms with van der Waals surface area (Å²) in [6, 6.07) is -1.58. The Morgan fingerprint density at radius 3 is 1.38 bits per heavy atom. The Bertz CT molecular complexity index is 1370. The quantitative estimate of drug-likeness (QED) is 0.0249. The highest BCUT2D eigenvalue weighted by Gasteiger charge is 2.41. The lowest BCUT2D eigenvalue weighted by molar-refractivity contribution is -0.138. The summed E-state index contributed by atoms with van der Waals surface area (Å²) in [4.78, 5) is 66.8. The number of ketones is 1. The van der Waals surface area contributed by atoms with Gasteiger partial charge in [0.1, 0.15) is 29.1 Å². The smallest absolute Gasteiger partial charge is 0.446 e. The second-order valence-electron chi connectivity index (χ2n) is 14.7. The second kappa shape index (κ2) is 32.6. The minimum absolute atomic E-state index is 0.0598. The van der Waals surface area contributed by atoms with Gasteiger partial charge >= 0.3 is 37.3 Å². The number of hydrogen-bond acceptors (Lipinski definition) is 14. The van der Waals surface area contributed by atoms with E-state index in [2.05, 4.69) is 35.7 Å². The van der Waals surface area contributed by atoms with E-state index in [-0.39, 0.29) is 18.7 Å². The van der Waals surface area contributed by atoms with Crippen LogP contribution >= 0.6 is 7.60 Å². The molecule has 338 valence electrons. The molecular weight excluding hydrogens is 783 g/mol. The van der Waals surface area contributed by atoms with Gasteiger partial charge in [-0.2, -0.15) is 4.79 Å². The van der Waals surface area contributed by atoms with Crippen molar-refractivity contribution in [1.29, 1.82) is 0 Å². The van der Waals surface area contributed by atoms with Gasteiger partial charge in [0.15, 0.2) is 0 Å². The Morgan fingerprint density at radius 2 is 1.19 bits per heavy atom. The number of carboxylic acids is 1. The van der Waals surface area contributed by atoms with Crippen LogP contribution in [0.1, 0.15) is 123 Å². The van der Waals surface area contributed by atoms with E-state index in [1.807, 2.05) is 41.5 Å². The van der Waals surface area contributed by atoms with E-state index >= 15 is 0 Å². The van der Waals surface area contributed by atoms with Gasteiger partial charge in [0.2, 0.25) is 5.78 Å². The highest BCUT2D eigenvalue weighted by molar-refractivity contribution is 7.74. The van der Waals surface area contributed by atoms with Crippen molar-refractivity contribution in [2.45, 2.75) is 164 Å². The van der Waals surface area contributed by atoms with Crippen molar-refractivity contribution in [1.82, 2.24) is 16.0 Å². The van der Waals surface area contributed by atoms with Gasteiger partial charge in [-0.25, -0.2) is 18.9 Å². The Labute approximate surface area is 344 Å². The number of alkyl carbamates (subject to hydrolysis) is 3. The zero-order valence-corrected chi connectivity index (χ0v) is 38.1. The minimum atomic E-state index is -3.70. The van der Waals surface area contributed by atoms with Gasteiger partial charge < -0.3 is 65.5 Å². The molecule has 0 fully saturated rings. The van der Waals surface area contributed by atoms with E-state index in [1.165, 1.54) is 0 Å². The fourth-order valence-corrected chi connectivity index (χ4v) is 3.88. The molecule has 0 aliphatic rings. The molecule has 0 spiro atoms. The molecular formula is C37H71N6O14P. The van der Waals surface area contributed by atoms with Crippen LogP contribution in [-0.2, 0) is 42.2 Å². The fourth-order valence-electron chi connectivity index (χ4n) is 2.89. The summed E-state index contributed by atoms with van der Waals surface area (Å²) >= 11 is 0. The van der Waals surface area contributed by atoms with Gasteiger partial charge in [0, 0.05) is 21.1 Å². The zero-order chi connectivity index (χ0) is 47.1. The van der Waals surface area contributed by atoms with E-state index in [4.69, 9.17) is 42.1 Å². The third-order valence-corrected chi connectivity index (χ3v) is 7.83. The average molecular weight is 855 g/mol. The predicted molar refractivity (Wildman–Crippen MR) is 219 cm³/mol. The number of nitrogens with two attached hydrogens (primary N) is 1. The molecule has 0 heterocycles. The van der Waals surface area contributed by atoms with Crippen molar-refractivity contribution >= 4 is 49.4 Å². The van der Waals surface area contributed by atoms with E-state index in [0.717, 1.165) is 21.1 Å². The van der Waals surface area contributed by atoms with Crippen LogP contribution in [0.4, 0.5) is 14.4 Å². The molecule has 0 aliphatic carbocycles. The SMILES string of the molecule is C#CC(CC)NC(=O)OC(C)(C)C.CCC(C=O)NC(=O)OC(C)(C)C.CCC(CO)NC(=O)OC(C)(C)C.CCC(N)C(=O)O.COP(=O)(OC)C(=[N+]=[N-])C(C)=O. The number of nitrogens with zero attached hydrogens (tertiary/aromatic N) is 2. The van der Waals surface area contributed by atoms with E-state index in [0.29, 0.717) is 32.0 Å². The van der Waals surface area contributed by atoms with Crippen molar-refractivity contribution in [3.8, 4) is 12.3 Å². The molecule has 4 atom stereocenters.